The van der Waals surface area contributed by atoms with Gasteiger partial charge < -0.3 is 15.5 Å². The molecule has 21 heavy (non-hydrogen) atoms. The zero-order valence-corrected chi connectivity index (χ0v) is 14.6. The normalized spacial score (nSPS) is 20.2. The van der Waals surface area contributed by atoms with Crippen LogP contribution in [0.15, 0.2) is 0 Å². The quantitative estimate of drug-likeness (QED) is 0.779. The van der Waals surface area contributed by atoms with Crippen molar-refractivity contribution in [3.05, 3.63) is 0 Å². The number of likely N-dealkylation sites (tertiary alicyclic amines) is 1. The highest BCUT2D eigenvalue weighted by atomic mass is 35.5. The van der Waals surface area contributed by atoms with Crippen molar-refractivity contribution < 1.29 is 4.79 Å². The molecule has 0 unspecified atom stereocenters. The first kappa shape index (κ1) is 21.0. The summed E-state index contributed by atoms with van der Waals surface area (Å²) in [4.78, 5) is 14.3. The molecule has 2 N–H and O–H groups in total. The number of halogens is 2. The molecule has 2 saturated heterocycles. The van der Waals surface area contributed by atoms with Crippen LogP contribution in [0.4, 0.5) is 0 Å². The number of hydrogen-bond acceptors (Lipinski definition) is 3. The smallest absolute Gasteiger partial charge is 0.220 e. The zero-order valence-electron chi connectivity index (χ0n) is 12.9. The molecule has 0 aliphatic carbocycles. The molecule has 2 aliphatic heterocycles. The van der Waals surface area contributed by atoms with Crippen molar-refractivity contribution in [2.75, 3.05) is 39.3 Å². The van der Waals surface area contributed by atoms with E-state index in [-0.39, 0.29) is 30.7 Å². The predicted molar refractivity (Wildman–Crippen MR) is 92.6 cm³/mol. The Morgan fingerprint density at radius 3 is 2.43 bits per heavy atom. The van der Waals surface area contributed by atoms with Crippen molar-refractivity contribution in [2.24, 2.45) is 5.92 Å². The van der Waals surface area contributed by atoms with Crippen LogP contribution in [-0.2, 0) is 4.79 Å². The van der Waals surface area contributed by atoms with E-state index in [0.717, 1.165) is 38.5 Å². The van der Waals surface area contributed by atoms with Crippen molar-refractivity contribution in [3.8, 4) is 0 Å². The van der Waals surface area contributed by atoms with Crippen LogP contribution >= 0.6 is 24.8 Å². The van der Waals surface area contributed by atoms with Gasteiger partial charge in [0.15, 0.2) is 0 Å². The van der Waals surface area contributed by atoms with Gasteiger partial charge in [0.25, 0.3) is 0 Å². The molecular formula is C15H31Cl2N3O. The summed E-state index contributed by atoms with van der Waals surface area (Å²) >= 11 is 0. The van der Waals surface area contributed by atoms with Crippen molar-refractivity contribution >= 4 is 30.7 Å². The lowest BCUT2D eigenvalue weighted by molar-refractivity contribution is -0.121. The summed E-state index contributed by atoms with van der Waals surface area (Å²) < 4.78 is 0. The SMILES string of the molecule is Cl.Cl.O=C(CCC1CCNCC1)NCCN1CCCCC1. The van der Waals surface area contributed by atoms with Crippen LogP contribution in [0.5, 0.6) is 0 Å². The van der Waals surface area contributed by atoms with Gasteiger partial charge >= 0.3 is 0 Å². The minimum Gasteiger partial charge on any atom is -0.355 e. The molecule has 2 aliphatic rings. The average Bonchev–Trinajstić information content (AvgIpc) is 2.47. The summed E-state index contributed by atoms with van der Waals surface area (Å²) in [5.41, 5.74) is 0. The number of hydrogen-bond donors (Lipinski definition) is 2. The molecule has 2 fully saturated rings. The van der Waals surface area contributed by atoms with E-state index in [9.17, 15) is 4.79 Å². The second-order valence-electron chi connectivity index (χ2n) is 5.98. The number of nitrogens with zero attached hydrogens (tertiary/aromatic N) is 1. The molecule has 0 aromatic carbocycles. The van der Waals surface area contributed by atoms with Gasteiger partial charge in [0.1, 0.15) is 0 Å². The van der Waals surface area contributed by atoms with Crippen molar-refractivity contribution in [1.82, 2.24) is 15.5 Å². The monoisotopic (exact) mass is 339 g/mol. The van der Waals surface area contributed by atoms with E-state index in [2.05, 4.69) is 15.5 Å². The lowest BCUT2D eigenvalue weighted by Crippen LogP contribution is -2.37. The van der Waals surface area contributed by atoms with Gasteiger partial charge in [-0.15, -0.1) is 24.8 Å². The highest BCUT2D eigenvalue weighted by molar-refractivity contribution is 5.85. The van der Waals surface area contributed by atoms with Gasteiger partial charge in [-0.1, -0.05) is 6.42 Å². The van der Waals surface area contributed by atoms with Crippen LogP contribution in [0.3, 0.4) is 0 Å². The number of nitrogens with one attached hydrogen (secondary N) is 2. The highest BCUT2D eigenvalue weighted by Gasteiger charge is 2.14. The minimum atomic E-state index is 0. The second kappa shape index (κ2) is 12.5. The standard InChI is InChI=1S/C15H29N3O.2ClH/c19-15(5-4-14-6-8-16-9-7-14)17-10-13-18-11-2-1-3-12-18;;/h14,16H,1-13H2,(H,17,19);2*1H. The van der Waals surface area contributed by atoms with E-state index in [1.165, 1.54) is 45.2 Å². The van der Waals surface area contributed by atoms with Crippen LogP contribution in [0.25, 0.3) is 0 Å². The van der Waals surface area contributed by atoms with Crippen LogP contribution in [0.2, 0.25) is 0 Å². The average molecular weight is 340 g/mol. The minimum absolute atomic E-state index is 0. The summed E-state index contributed by atoms with van der Waals surface area (Å²) in [5, 5.41) is 6.44. The molecule has 0 radical (unpaired) electrons. The zero-order chi connectivity index (χ0) is 13.3. The maximum Gasteiger partial charge on any atom is 0.220 e. The van der Waals surface area contributed by atoms with Crippen molar-refractivity contribution in [1.29, 1.82) is 0 Å². The molecule has 1 amide bonds. The Labute approximate surface area is 141 Å². The fourth-order valence-corrected chi connectivity index (χ4v) is 3.13. The second-order valence-corrected chi connectivity index (χ2v) is 5.98. The lowest BCUT2D eigenvalue weighted by Gasteiger charge is -2.26. The Kier molecular flexibility index (Phi) is 12.5. The van der Waals surface area contributed by atoms with E-state index < -0.39 is 0 Å². The molecule has 0 saturated carbocycles. The van der Waals surface area contributed by atoms with Crippen LogP contribution in [-0.4, -0.2) is 50.1 Å². The van der Waals surface area contributed by atoms with Gasteiger partial charge in [0.05, 0.1) is 0 Å². The fourth-order valence-electron chi connectivity index (χ4n) is 3.13. The molecule has 0 spiro atoms. The topological polar surface area (TPSA) is 44.4 Å². The largest absolute Gasteiger partial charge is 0.355 e. The van der Waals surface area contributed by atoms with E-state index in [1.807, 2.05) is 0 Å². The summed E-state index contributed by atoms with van der Waals surface area (Å²) in [6, 6.07) is 0. The van der Waals surface area contributed by atoms with E-state index >= 15 is 0 Å². The molecule has 2 rings (SSSR count). The number of carbonyl (C=O) groups is 1. The van der Waals surface area contributed by atoms with Crippen LogP contribution in [0.1, 0.15) is 44.9 Å². The van der Waals surface area contributed by atoms with Gasteiger partial charge in [-0.3, -0.25) is 4.79 Å². The Morgan fingerprint density at radius 2 is 1.76 bits per heavy atom. The summed E-state index contributed by atoms with van der Waals surface area (Å²) in [5.74, 6) is 1.00. The molecule has 0 aromatic rings. The Hall–Kier alpha value is -0.0300. The van der Waals surface area contributed by atoms with Gasteiger partial charge in [0, 0.05) is 19.5 Å². The van der Waals surface area contributed by atoms with Gasteiger partial charge in [-0.25, -0.2) is 0 Å². The van der Waals surface area contributed by atoms with E-state index in [1.54, 1.807) is 0 Å². The first-order valence-electron chi connectivity index (χ1n) is 8.04. The third-order valence-electron chi connectivity index (χ3n) is 4.44. The Bertz CT molecular complexity index is 268. The summed E-state index contributed by atoms with van der Waals surface area (Å²) in [7, 11) is 0. The maximum atomic E-state index is 11.8. The predicted octanol–water partition coefficient (Wildman–Crippen LogP) is 2.21. The molecule has 0 bridgehead atoms. The summed E-state index contributed by atoms with van der Waals surface area (Å²) in [6.45, 7) is 6.53. The lowest BCUT2D eigenvalue weighted by atomic mass is 9.93. The Balaban J connectivity index is 0.00000200. The first-order chi connectivity index (χ1) is 9.34. The van der Waals surface area contributed by atoms with Gasteiger partial charge in [-0.05, 0) is 64.2 Å². The van der Waals surface area contributed by atoms with Crippen molar-refractivity contribution in [2.45, 2.75) is 44.9 Å². The highest BCUT2D eigenvalue weighted by Crippen LogP contribution is 2.17. The molecule has 0 aromatic heterocycles. The molecule has 2 heterocycles. The number of carbonyl (C=O) groups excluding carboxylic acids is 1. The number of amides is 1. The Morgan fingerprint density at radius 1 is 1.10 bits per heavy atom. The van der Waals surface area contributed by atoms with Crippen LogP contribution in [0, 0.1) is 5.92 Å². The third kappa shape index (κ3) is 8.87. The maximum absolute atomic E-state index is 11.8. The molecule has 6 heteroatoms. The first-order valence-corrected chi connectivity index (χ1v) is 8.04. The van der Waals surface area contributed by atoms with E-state index in [0.29, 0.717) is 6.42 Å². The molecule has 126 valence electrons. The molecule has 4 nitrogen and oxygen atoms in total. The number of rotatable bonds is 6. The summed E-state index contributed by atoms with van der Waals surface area (Å²) in [6.07, 6.45) is 8.27. The van der Waals surface area contributed by atoms with E-state index in [4.69, 9.17) is 0 Å². The van der Waals surface area contributed by atoms with Crippen molar-refractivity contribution in [3.63, 3.8) is 0 Å². The third-order valence-corrected chi connectivity index (χ3v) is 4.44. The fraction of sp³-hybridized carbons (Fsp3) is 0.933. The van der Waals surface area contributed by atoms with Gasteiger partial charge in [-0.2, -0.15) is 0 Å². The molecule has 0 atom stereocenters. The molecular weight excluding hydrogens is 309 g/mol. The number of piperidine rings is 2. The van der Waals surface area contributed by atoms with Gasteiger partial charge in [0.2, 0.25) is 5.91 Å². The van der Waals surface area contributed by atoms with Crippen LogP contribution < -0.4 is 10.6 Å².